The molecule has 7 heteroatoms. The first-order chi connectivity index (χ1) is 8.45. The SMILES string of the molecule is COC(=O)[C@H](C)CNc1ccc(F)cc1[N+](=O)[O-]. The maximum Gasteiger partial charge on any atom is 0.310 e. The van der Waals surface area contributed by atoms with Crippen LogP contribution >= 0.6 is 0 Å². The summed E-state index contributed by atoms with van der Waals surface area (Å²) in [4.78, 5) is 21.2. The van der Waals surface area contributed by atoms with Gasteiger partial charge in [0.25, 0.3) is 5.69 Å². The van der Waals surface area contributed by atoms with E-state index >= 15 is 0 Å². The Morgan fingerprint density at radius 1 is 1.61 bits per heavy atom. The molecule has 0 aliphatic heterocycles. The average molecular weight is 256 g/mol. The van der Waals surface area contributed by atoms with E-state index in [-0.39, 0.29) is 17.9 Å². The minimum Gasteiger partial charge on any atom is -0.469 e. The number of rotatable bonds is 5. The molecule has 1 aromatic rings. The molecule has 1 N–H and O–H groups in total. The molecular weight excluding hydrogens is 243 g/mol. The Labute approximate surface area is 103 Å². The van der Waals surface area contributed by atoms with Gasteiger partial charge in [-0.2, -0.15) is 0 Å². The molecular formula is C11H13FN2O4. The Morgan fingerprint density at radius 3 is 2.83 bits per heavy atom. The number of hydrogen-bond acceptors (Lipinski definition) is 5. The molecule has 1 rings (SSSR count). The van der Waals surface area contributed by atoms with Gasteiger partial charge in [0.15, 0.2) is 0 Å². The number of hydrogen-bond donors (Lipinski definition) is 1. The summed E-state index contributed by atoms with van der Waals surface area (Å²) >= 11 is 0. The normalized spacial score (nSPS) is 11.7. The molecule has 6 nitrogen and oxygen atoms in total. The number of nitro groups is 1. The number of anilines is 1. The number of carbonyl (C=O) groups excluding carboxylic acids is 1. The second-order valence-electron chi connectivity index (χ2n) is 3.72. The molecule has 98 valence electrons. The lowest BCUT2D eigenvalue weighted by atomic mass is 10.1. The zero-order valence-electron chi connectivity index (χ0n) is 9.97. The molecule has 1 aromatic carbocycles. The van der Waals surface area contributed by atoms with E-state index in [1.54, 1.807) is 6.92 Å². The van der Waals surface area contributed by atoms with Crippen LogP contribution in [0.15, 0.2) is 18.2 Å². The van der Waals surface area contributed by atoms with E-state index < -0.39 is 22.6 Å². The number of esters is 1. The Kier molecular flexibility index (Phi) is 4.59. The van der Waals surface area contributed by atoms with Crippen molar-refractivity contribution in [2.45, 2.75) is 6.92 Å². The van der Waals surface area contributed by atoms with Crippen molar-refractivity contribution in [1.29, 1.82) is 0 Å². The summed E-state index contributed by atoms with van der Waals surface area (Å²) in [6, 6.07) is 3.20. The van der Waals surface area contributed by atoms with Crippen molar-refractivity contribution < 1.29 is 18.8 Å². The number of methoxy groups -OCH3 is 1. The van der Waals surface area contributed by atoms with E-state index in [1.807, 2.05) is 0 Å². The molecule has 0 aliphatic rings. The zero-order valence-corrected chi connectivity index (χ0v) is 9.97. The minimum atomic E-state index is -0.687. The van der Waals surface area contributed by atoms with Crippen LogP contribution < -0.4 is 5.32 Å². The standard InChI is InChI=1S/C11H13FN2O4/c1-7(11(15)18-2)6-13-9-4-3-8(12)5-10(9)14(16)17/h3-5,7,13H,6H2,1-2H3/t7-/m1/s1. The van der Waals surface area contributed by atoms with Crippen LogP contribution in [0.2, 0.25) is 0 Å². The predicted octanol–water partition coefficient (Wildman–Crippen LogP) is 1.95. The fourth-order valence-corrected chi connectivity index (χ4v) is 1.35. The fourth-order valence-electron chi connectivity index (χ4n) is 1.35. The summed E-state index contributed by atoms with van der Waals surface area (Å²) in [6.07, 6.45) is 0. The van der Waals surface area contributed by atoms with Gasteiger partial charge in [0, 0.05) is 6.54 Å². The van der Waals surface area contributed by atoms with Gasteiger partial charge in [0.05, 0.1) is 24.0 Å². The topological polar surface area (TPSA) is 81.5 Å². The molecule has 18 heavy (non-hydrogen) atoms. The number of nitrogens with zero attached hydrogens (tertiary/aromatic N) is 1. The van der Waals surface area contributed by atoms with Crippen LogP contribution in [0, 0.1) is 21.8 Å². The fraction of sp³-hybridized carbons (Fsp3) is 0.364. The zero-order chi connectivity index (χ0) is 13.7. The van der Waals surface area contributed by atoms with Crippen molar-refractivity contribution in [1.82, 2.24) is 0 Å². The lowest BCUT2D eigenvalue weighted by Gasteiger charge is -2.11. The minimum absolute atomic E-state index is 0.164. The summed E-state index contributed by atoms with van der Waals surface area (Å²) in [5, 5.41) is 13.4. The first-order valence-corrected chi connectivity index (χ1v) is 5.21. The van der Waals surface area contributed by atoms with E-state index in [0.717, 1.165) is 12.1 Å². The highest BCUT2D eigenvalue weighted by Gasteiger charge is 2.17. The Balaban J connectivity index is 2.79. The number of carbonyl (C=O) groups is 1. The number of ether oxygens (including phenoxy) is 1. The second kappa shape index (κ2) is 5.95. The summed E-state index contributed by atoms with van der Waals surface area (Å²) in [6.45, 7) is 1.79. The summed E-state index contributed by atoms with van der Waals surface area (Å²) in [5.41, 5.74) is -0.204. The van der Waals surface area contributed by atoms with Gasteiger partial charge in [-0.3, -0.25) is 14.9 Å². The van der Waals surface area contributed by atoms with Crippen LogP contribution in [0.3, 0.4) is 0 Å². The average Bonchev–Trinajstić information content (AvgIpc) is 2.35. The van der Waals surface area contributed by atoms with Gasteiger partial charge in [-0.1, -0.05) is 6.92 Å². The lowest BCUT2D eigenvalue weighted by molar-refractivity contribution is -0.384. The molecule has 1 atom stereocenters. The van der Waals surface area contributed by atoms with Gasteiger partial charge >= 0.3 is 5.97 Å². The van der Waals surface area contributed by atoms with Crippen LogP contribution in [0.4, 0.5) is 15.8 Å². The van der Waals surface area contributed by atoms with Gasteiger partial charge in [-0.15, -0.1) is 0 Å². The van der Waals surface area contributed by atoms with Crippen molar-refractivity contribution in [2.75, 3.05) is 19.0 Å². The third-order valence-electron chi connectivity index (χ3n) is 2.36. The van der Waals surface area contributed by atoms with Crippen molar-refractivity contribution in [2.24, 2.45) is 5.92 Å². The highest BCUT2D eigenvalue weighted by Crippen LogP contribution is 2.25. The molecule has 0 bridgehead atoms. The van der Waals surface area contributed by atoms with Crippen LogP contribution in [0.25, 0.3) is 0 Å². The van der Waals surface area contributed by atoms with Crippen LogP contribution in [-0.4, -0.2) is 24.5 Å². The van der Waals surface area contributed by atoms with E-state index in [4.69, 9.17) is 0 Å². The van der Waals surface area contributed by atoms with E-state index in [0.29, 0.717) is 0 Å². The van der Waals surface area contributed by atoms with Crippen LogP contribution in [0.1, 0.15) is 6.92 Å². The van der Waals surface area contributed by atoms with Crippen LogP contribution in [0.5, 0.6) is 0 Å². The maximum atomic E-state index is 12.9. The van der Waals surface area contributed by atoms with Gasteiger partial charge in [-0.25, -0.2) is 4.39 Å². The van der Waals surface area contributed by atoms with Crippen LogP contribution in [-0.2, 0) is 9.53 Å². The number of halogens is 1. The van der Waals surface area contributed by atoms with Gasteiger partial charge < -0.3 is 10.1 Å². The highest BCUT2D eigenvalue weighted by atomic mass is 19.1. The molecule has 0 amide bonds. The quantitative estimate of drug-likeness (QED) is 0.494. The largest absolute Gasteiger partial charge is 0.469 e. The Hall–Kier alpha value is -2.18. The van der Waals surface area contributed by atoms with Crippen molar-refractivity contribution in [3.8, 4) is 0 Å². The Morgan fingerprint density at radius 2 is 2.28 bits per heavy atom. The lowest BCUT2D eigenvalue weighted by Crippen LogP contribution is -2.21. The van der Waals surface area contributed by atoms with E-state index in [2.05, 4.69) is 10.1 Å². The molecule has 0 fully saturated rings. The van der Waals surface area contributed by atoms with Gasteiger partial charge in [0.1, 0.15) is 11.5 Å². The summed E-state index contributed by atoms with van der Waals surface area (Å²) < 4.78 is 17.4. The Bertz CT molecular complexity index is 464. The van der Waals surface area contributed by atoms with Crippen molar-refractivity contribution >= 4 is 17.3 Å². The number of benzene rings is 1. The third kappa shape index (κ3) is 3.41. The first kappa shape index (κ1) is 13.9. The molecule has 0 heterocycles. The monoisotopic (exact) mass is 256 g/mol. The molecule has 0 radical (unpaired) electrons. The van der Waals surface area contributed by atoms with Gasteiger partial charge in [0.2, 0.25) is 0 Å². The highest BCUT2D eigenvalue weighted by molar-refractivity contribution is 5.73. The van der Waals surface area contributed by atoms with E-state index in [1.165, 1.54) is 13.2 Å². The third-order valence-corrected chi connectivity index (χ3v) is 2.36. The summed E-state index contributed by atoms with van der Waals surface area (Å²) in [7, 11) is 1.26. The molecule has 0 aliphatic carbocycles. The van der Waals surface area contributed by atoms with Crippen molar-refractivity contribution in [3.63, 3.8) is 0 Å². The maximum absolute atomic E-state index is 12.9. The summed E-state index contributed by atoms with van der Waals surface area (Å²) in [5.74, 6) is -1.57. The number of nitro benzene ring substituents is 1. The van der Waals surface area contributed by atoms with Gasteiger partial charge in [-0.05, 0) is 12.1 Å². The molecule has 0 saturated heterocycles. The predicted molar refractivity (Wildman–Crippen MR) is 62.7 cm³/mol. The smallest absolute Gasteiger partial charge is 0.310 e. The van der Waals surface area contributed by atoms with Crippen molar-refractivity contribution in [3.05, 3.63) is 34.1 Å². The first-order valence-electron chi connectivity index (χ1n) is 5.21. The number of nitrogens with one attached hydrogen (secondary N) is 1. The second-order valence-corrected chi connectivity index (χ2v) is 3.72. The molecule has 0 unspecified atom stereocenters. The molecule has 0 spiro atoms. The van der Waals surface area contributed by atoms with E-state index in [9.17, 15) is 19.3 Å². The molecule has 0 aromatic heterocycles. The molecule has 0 saturated carbocycles.